The summed E-state index contributed by atoms with van der Waals surface area (Å²) in [5, 5.41) is 2.94. The SMILES string of the molecule is COC(=O)c1ccc(Cl)c(NC(=O)COc2ccc(C(C)C)cc2Br)c1. The van der Waals surface area contributed by atoms with Crippen molar-refractivity contribution in [2.24, 2.45) is 0 Å². The third-order valence-corrected chi connectivity index (χ3v) is 4.59. The lowest BCUT2D eigenvalue weighted by atomic mass is 10.0. The molecule has 1 amide bonds. The van der Waals surface area contributed by atoms with Gasteiger partial charge >= 0.3 is 5.97 Å². The highest BCUT2D eigenvalue weighted by atomic mass is 79.9. The van der Waals surface area contributed by atoms with Gasteiger partial charge in [0.1, 0.15) is 5.75 Å². The molecule has 0 radical (unpaired) electrons. The van der Waals surface area contributed by atoms with Gasteiger partial charge in [-0.2, -0.15) is 0 Å². The van der Waals surface area contributed by atoms with E-state index in [4.69, 9.17) is 16.3 Å². The highest BCUT2D eigenvalue weighted by Gasteiger charge is 2.13. The normalized spacial score (nSPS) is 10.5. The standard InChI is InChI=1S/C19H19BrClNO4/c1-11(2)12-5-7-17(14(20)8-12)26-10-18(23)22-16-9-13(19(24)25-3)4-6-15(16)21/h4-9,11H,10H2,1-3H3,(H,22,23). The summed E-state index contributed by atoms with van der Waals surface area (Å²) < 4.78 is 11.0. The van der Waals surface area contributed by atoms with Crippen LogP contribution in [-0.4, -0.2) is 25.6 Å². The van der Waals surface area contributed by atoms with Crippen LogP contribution in [0.3, 0.4) is 0 Å². The van der Waals surface area contributed by atoms with Crippen molar-refractivity contribution in [3.8, 4) is 5.75 Å². The average molecular weight is 441 g/mol. The Morgan fingerprint density at radius 2 is 1.92 bits per heavy atom. The second-order valence-corrected chi connectivity index (χ2v) is 7.13. The fourth-order valence-corrected chi connectivity index (χ4v) is 2.86. The van der Waals surface area contributed by atoms with Gasteiger partial charge in [-0.15, -0.1) is 0 Å². The quantitative estimate of drug-likeness (QED) is 0.640. The monoisotopic (exact) mass is 439 g/mol. The first-order valence-corrected chi connectivity index (χ1v) is 9.09. The molecule has 138 valence electrons. The van der Waals surface area contributed by atoms with E-state index in [1.165, 1.54) is 30.9 Å². The number of anilines is 1. The molecule has 2 aromatic carbocycles. The largest absolute Gasteiger partial charge is 0.483 e. The van der Waals surface area contributed by atoms with E-state index in [1.54, 1.807) is 0 Å². The zero-order chi connectivity index (χ0) is 19.3. The van der Waals surface area contributed by atoms with Crippen LogP contribution in [0, 0.1) is 0 Å². The lowest BCUT2D eigenvalue weighted by molar-refractivity contribution is -0.118. The molecular weight excluding hydrogens is 422 g/mol. The molecule has 0 atom stereocenters. The summed E-state index contributed by atoms with van der Waals surface area (Å²) in [5.41, 5.74) is 1.78. The van der Waals surface area contributed by atoms with Gasteiger partial charge in [-0.05, 0) is 57.7 Å². The first-order chi connectivity index (χ1) is 12.3. The molecule has 0 saturated heterocycles. The molecule has 0 heterocycles. The molecule has 1 N–H and O–H groups in total. The molecule has 0 fully saturated rings. The summed E-state index contributed by atoms with van der Waals surface area (Å²) in [6, 6.07) is 10.2. The molecule has 2 aromatic rings. The molecule has 0 bridgehead atoms. The Labute approximate surface area is 165 Å². The number of hydrogen-bond donors (Lipinski definition) is 1. The minimum atomic E-state index is -0.511. The number of nitrogens with one attached hydrogen (secondary N) is 1. The number of carbonyl (C=O) groups excluding carboxylic acids is 2. The predicted octanol–water partition coefficient (Wildman–Crippen LogP) is 5.03. The second-order valence-electron chi connectivity index (χ2n) is 5.87. The number of carbonyl (C=O) groups is 2. The van der Waals surface area contributed by atoms with Crippen LogP contribution in [0.15, 0.2) is 40.9 Å². The van der Waals surface area contributed by atoms with Crippen LogP contribution in [0.5, 0.6) is 5.75 Å². The van der Waals surface area contributed by atoms with Gasteiger partial charge in [-0.1, -0.05) is 31.5 Å². The van der Waals surface area contributed by atoms with Crippen molar-refractivity contribution < 1.29 is 19.1 Å². The van der Waals surface area contributed by atoms with Gasteiger partial charge in [0, 0.05) is 0 Å². The maximum absolute atomic E-state index is 12.1. The topological polar surface area (TPSA) is 64.6 Å². The van der Waals surface area contributed by atoms with E-state index in [0.29, 0.717) is 27.9 Å². The Morgan fingerprint density at radius 3 is 2.54 bits per heavy atom. The number of esters is 1. The van der Waals surface area contributed by atoms with Gasteiger partial charge < -0.3 is 14.8 Å². The van der Waals surface area contributed by atoms with Crippen molar-refractivity contribution in [1.82, 2.24) is 0 Å². The molecule has 0 aromatic heterocycles. The highest BCUT2D eigenvalue weighted by molar-refractivity contribution is 9.10. The number of hydrogen-bond acceptors (Lipinski definition) is 4. The van der Waals surface area contributed by atoms with Crippen LogP contribution < -0.4 is 10.1 Å². The molecular formula is C19H19BrClNO4. The lowest BCUT2D eigenvalue weighted by Gasteiger charge is -2.12. The summed E-state index contributed by atoms with van der Waals surface area (Å²) in [6.45, 7) is 4.00. The van der Waals surface area contributed by atoms with Gasteiger partial charge in [0.2, 0.25) is 0 Å². The van der Waals surface area contributed by atoms with Crippen LogP contribution in [0.2, 0.25) is 5.02 Å². The Balaban J connectivity index is 2.02. The summed E-state index contributed by atoms with van der Waals surface area (Å²) in [4.78, 5) is 23.7. The van der Waals surface area contributed by atoms with Crippen molar-refractivity contribution in [3.63, 3.8) is 0 Å². The van der Waals surface area contributed by atoms with Crippen molar-refractivity contribution in [2.75, 3.05) is 19.0 Å². The lowest BCUT2D eigenvalue weighted by Crippen LogP contribution is -2.20. The van der Waals surface area contributed by atoms with Crippen LogP contribution in [0.25, 0.3) is 0 Å². The van der Waals surface area contributed by atoms with Crippen LogP contribution in [0.4, 0.5) is 5.69 Å². The Hall–Kier alpha value is -2.05. The van der Waals surface area contributed by atoms with Crippen LogP contribution in [-0.2, 0) is 9.53 Å². The van der Waals surface area contributed by atoms with Gasteiger partial charge in [-0.25, -0.2) is 4.79 Å². The maximum Gasteiger partial charge on any atom is 0.337 e. The number of methoxy groups -OCH3 is 1. The van der Waals surface area contributed by atoms with Gasteiger partial charge in [0.05, 0.1) is 27.9 Å². The van der Waals surface area contributed by atoms with Gasteiger partial charge in [-0.3, -0.25) is 4.79 Å². The van der Waals surface area contributed by atoms with Crippen LogP contribution >= 0.6 is 27.5 Å². The van der Waals surface area contributed by atoms with E-state index in [-0.39, 0.29) is 6.61 Å². The summed E-state index contributed by atoms with van der Waals surface area (Å²) >= 11 is 9.51. The number of amides is 1. The van der Waals surface area contributed by atoms with Crippen molar-refractivity contribution in [2.45, 2.75) is 19.8 Å². The van der Waals surface area contributed by atoms with E-state index in [2.05, 4.69) is 39.8 Å². The molecule has 0 aliphatic rings. The van der Waals surface area contributed by atoms with E-state index in [1.807, 2.05) is 18.2 Å². The van der Waals surface area contributed by atoms with Gasteiger partial charge in [0.15, 0.2) is 6.61 Å². The van der Waals surface area contributed by atoms with Crippen molar-refractivity contribution >= 4 is 45.1 Å². The van der Waals surface area contributed by atoms with E-state index in [0.717, 1.165) is 4.47 Å². The predicted molar refractivity (Wildman–Crippen MR) is 105 cm³/mol. The smallest absolute Gasteiger partial charge is 0.337 e. The summed E-state index contributed by atoms with van der Waals surface area (Å²) in [7, 11) is 1.28. The number of halogens is 2. The van der Waals surface area contributed by atoms with Crippen LogP contribution in [0.1, 0.15) is 35.7 Å². The fourth-order valence-electron chi connectivity index (χ4n) is 2.19. The maximum atomic E-state index is 12.1. The summed E-state index contributed by atoms with van der Waals surface area (Å²) in [5.74, 6) is 0.0585. The van der Waals surface area contributed by atoms with E-state index >= 15 is 0 Å². The number of benzene rings is 2. The molecule has 0 spiro atoms. The molecule has 0 unspecified atom stereocenters. The van der Waals surface area contributed by atoms with Crippen molar-refractivity contribution in [1.29, 1.82) is 0 Å². The van der Waals surface area contributed by atoms with E-state index < -0.39 is 11.9 Å². The Bertz CT molecular complexity index is 823. The summed E-state index contributed by atoms with van der Waals surface area (Å²) in [6.07, 6.45) is 0. The third-order valence-electron chi connectivity index (χ3n) is 3.64. The minimum absolute atomic E-state index is 0.196. The zero-order valence-corrected chi connectivity index (χ0v) is 17.0. The first-order valence-electron chi connectivity index (χ1n) is 7.91. The Kier molecular flexibility index (Phi) is 7.06. The molecule has 0 aliphatic carbocycles. The molecule has 26 heavy (non-hydrogen) atoms. The Morgan fingerprint density at radius 1 is 1.19 bits per heavy atom. The molecule has 2 rings (SSSR count). The highest BCUT2D eigenvalue weighted by Crippen LogP contribution is 2.29. The van der Waals surface area contributed by atoms with Gasteiger partial charge in [0.25, 0.3) is 5.91 Å². The fraction of sp³-hybridized carbons (Fsp3) is 0.263. The second kappa shape index (κ2) is 9.05. The van der Waals surface area contributed by atoms with E-state index in [9.17, 15) is 9.59 Å². The molecule has 7 heteroatoms. The number of ether oxygens (including phenoxy) is 2. The zero-order valence-electron chi connectivity index (χ0n) is 14.6. The first kappa shape index (κ1) is 20.3. The third kappa shape index (κ3) is 5.22. The molecule has 0 aliphatic heterocycles. The number of rotatable bonds is 6. The van der Waals surface area contributed by atoms with Crippen molar-refractivity contribution in [3.05, 3.63) is 57.0 Å². The molecule has 0 saturated carbocycles. The molecule has 5 nitrogen and oxygen atoms in total. The average Bonchev–Trinajstić information content (AvgIpc) is 2.61. The minimum Gasteiger partial charge on any atom is -0.483 e.